The van der Waals surface area contributed by atoms with Crippen LogP contribution in [-0.4, -0.2) is 56.7 Å². The average Bonchev–Trinajstić information content (AvgIpc) is 3.45. The molecule has 2 aromatic heterocycles. The van der Waals surface area contributed by atoms with E-state index in [9.17, 15) is 9.59 Å². The van der Waals surface area contributed by atoms with E-state index in [-0.39, 0.29) is 19.1 Å². The Morgan fingerprint density at radius 1 is 1.14 bits per heavy atom. The molecule has 8 nitrogen and oxygen atoms in total. The average molecular weight is 409 g/mol. The van der Waals surface area contributed by atoms with E-state index in [0.29, 0.717) is 18.9 Å². The first-order valence-corrected chi connectivity index (χ1v) is 10.1. The van der Waals surface area contributed by atoms with Crippen LogP contribution >= 0.6 is 11.3 Å². The summed E-state index contributed by atoms with van der Waals surface area (Å²) in [6.45, 7) is 0.628. The molecule has 0 N–H and O–H groups in total. The molecule has 29 heavy (non-hydrogen) atoms. The maximum atomic E-state index is 12.3. The van der Waals surface area contributed by atoms with E-state index in [4.69, 9.17) is 4.74 Å². The molecule has 4 rings (SSSR count). The lowest BCUT2D eigenvalue weighted by Crippen LogP contribution is -2.37. The van der Waals surface area contributed by atoms with Gasteiger partial charge in [0, 0.05) is 24.0 Å². The minimum Gasteiger partial charge on any atom is -0.454 e. The Morgan fingerprint density at radius 2 is 2.00 bits per heavy atom. The van der Waals surface area contributed by atoms with Crippen LogP contribution in [0.25, 0.3) is 17.0 Å². The van der Waals surface area contributed by atoms with Crippen molar-refractivity contribution in [2.75, 3.05) is 19.7 Å². The fourth-order valence-corrected chi connectivity index (χ4v) is 3.66. The van der Waals surface area contributed by atoms with Crippen molar-refractivity contribution < 1.29 is 14.3 Å². The second kappa shape index (κ2) is 8.78. The largest absolute Gasteiger partial charge is 0.454 e. The van der Waals surface area contributed by atoms with Gasteiger partial charge >= 0.3 is 5.97 Å². The molecular weight excluding hydrogens is 390 g/mol. The summed E-state index contributed by atoms with van der Waals surface area (Å²) in [6, 6.07) is 12.0. The minimum absolute atomic E-state index is 0.192. The Kier molecular flexibility index (Phi) is 5.76. The number of aromatic nitrogens is 4. The SMILES string of the molecule is O=C(Cn1nnc(-c2ccsc2)n1)OCC(=O)N1CC=C(c2ccccc2)CC1. The Morgan fingerprint density at radius 3 is 2.72 bits per heavy atom. The fraction of sp³-hybridized carbons (Fsp3) is 0.250. The van der Waals surface area contributed by atoms with E-state index in [1.54, 1.807) is 4.90 Å². The number of hydrogen-bond acceptors (Lipinski definition) is 7. The van der Waals surface area contributed by atoms with Crippen molar-refractivity contribution in [2.24, 2.45) is 0 Å². The van der Waals surface area contributed by atoms with Crippen LogP contribution in [0.1, 0.15) is 12.0 Å². The van der Waals surface area contributed by atoms with Crippen LogP contribution in [0.15, 0.2) is 53.2 Å². The number of nitrogens with zero attached hydrogens (tertiary/aromatic N) is 5. The third kappa shape index (κ3) is 4.75. The molecule has 9 heteroatoms. The molecule has 0 fully saturated rings. The lowest BCUT2D eigenvalue weighted by Gasteiger charge is -2.26. The molecule has 3 aromatic rings. The predicted octanol–water partition coefficient (Wildman–Crippen LogP) is 2.26. The highest BCUT2D eigenvalue weighted by Gasteiger charge is 2.19. The standard InChI is InChI=1S/C20H19N5O3S/c26-18(24-9-6-16(7-10-24)15-4-2-1-3-5-15)13-28-19(27)12-25-22-20(21-23-25)17-8-11-29-14-17/h1-6,8,11,14H,7,9-10,12-13H2. The van der Waals surface area contributed by atoms with Gasteiger partial charge in [-0.1, -0.05) is 36.4 Å². The van der Waals surface area contributed by atoms with E-state index in [2.05, 4.69) is 27.5 Å². The number of carbonyl (C=O) groups is 2. The van der Waals surface area contributed by atoms with Gasteiger partial charge in [-0.25, -0.2) is 4.79 Å². The Bertz CT molecular complexity index is 1010. The van der Waals surface area contributed by atoms with Gasteiger partial charge in [0.2, 0.25) is 5.82 Å². The quantitative estimate of drug-likeness (QED) is 0.580. The first-order valence-electron chi connectivity index (χ1n) is 9.17. The minimum atomic E-state index is -0.579. The van der Waals surface area contributed by atoms with Gasteiger partial charge in [-0.2, -0.15) is 16.1 Å². The van der Waals surface area contributed by atoms with Crippen molar-refractivity contribution >= 4 is 28.8 Å². The summed E-state index contributed by atoms with van der Waals surface area (Å²) in [6.07, 6.45) is 2.82. The molecule has 0 saturated heterocycles. The summed E-state index contributed by atoms with van der Waals surface area (Å²) in [5.41, 5.74) is 3.25. The summed E-state index contributed by atoms with van der Waals surface area (Å²) < 4.78 is 5.10. The number of benzene rings is 1. The van der Waals surface area contributed by atoms with Crippen molar-refractivity contribution in [3.63, 3.8) is 0 Å². The van der Waals surface area contributed by atoms with Gasteiger partial charge in [-0.3, -0.25) is 4.79 Å². The van der Waals surface area contributed by atoms with Gasteiger partial charge in [0.25, 0.3) is 5.91 Å². The van der Waals surface area contributed by atoms with Crippen LogP contribution in [0.2, 0.25) is 0 Å². The van der Waals surface area contributed by atoms with Crippen molar-refractivity contribution in [3.05, 3.63) is 58.8 Å². The van der Waals surface area contributed by atoms with Crippen molar-refractivity contribution in [3.8, 4) is 11.4 Å². The van der Waals surface area contributed by atoms with Gasteiger partial charge in [0.1, 0.15) is 0 Å². The maximum Gasteiger partial charge on any atom is 0.330 e. The molecule has 1 aliphatic rings. The van der Waals surface area contributed by atoms with Gasteiger partial charge in [-0.15, -0.1) is 10.2 Å². The zero-order chi connectivity index (χ0) is 20.1. The third-order valence-electron chi connectivity index (χ3n) is 4.57. The molecular formula is C20H19N5O3S. The predicted molar refractivity (Wildman–Crippen MR) is 108 cm³/mol. The van der Waals surface area contributed by atoms with Crippen LogP contribution in [0, 0.1) is 0 Å². The molecule has 0 radical (unpaired) electrons. The fourth-order valence-electron chi connectivity index (χ4n) is 3.02. The van der Waals surface area contributed by atoms with Gasteiger partial charge in [0.05, 0.1) is 0 Å². The number of amides is 1. The molecule has 0 aliphatic carbocycles. The van der Waals surface area contributed by atoms with Crippen LogP contribution in [0.3, 0.4) is 0 Å². The summed E-state index contributed by atoms with van der Waals surface area (Å²) in [4.78, 5) is 27.2. The van der Waals surface area contributed by atoms with E-state index in [1.165, 1.54) is 22.5 Å². The molecule has 0 spiro atoms. The Hall–Kier alpha value is -3.33. The van der Waals surface area contributed by atoms with Gasteiger partial charge < -0.3 is 9.64 Å². The number of rotatable bonds is 6. The number of hydrogen-bond donors (Lipinski definition) is 0. The highest BCUT2D eigenvalue weighted by atomic mass is 32.1. The number of carbonyl (C=O) groups excluding carboxylic acids is 2. The lowest BCUT2D eigenvalue weighted by molar-refractivity contribution is -0.152. The van der Waals surface area contributed by atoms with Crippen LogP contribution in [0.4, 0.5) is 0 Å². The Balaban J connectivity index is 1.25. The van der Waals surface area contributed by atoms with Gasteiger partial charge in [-0.05, 0) is 34.2 Å². The van der Waals surface area contributed by atoms with Crippen molar-refractivity contribution in [2.45, 2.75) is 13.0 Å². The molecule has 0 atom stereocenters. The molecule has 1 aliphatic heterocycles. The lowest BCUT2D eigenvalue weighted by atomic mass is 10.00. The Labute approximate surface area is 171 Å². The molecule has 0 unspecified atom stereocenters. The molecule has 1 aromatic carbocycles. The van der Waals surface area contributed by atoms with Crippen molar-refractivity contribution in [1.82, 2.24) is 25.1 Å². The summed E-state index contributed by atoms with van der Waals surface area (Å²) in [5, 5.41) is 15.7. The normalized spacial score (nSPS) is 13.8. The first kappa shape index (κ1) is 19.0. The first-order chi connectivity index (χ1) is 14.2. The highest BCUT2D eigenvalue weighted by Crippen LogP contribution is 2.22. The van der Waals surface area contributed by atoms with Gasteiger partial charge in [0.15, 0.2) is 13.2 Å². The van der Waals surface area contributed by atoms with E-state index in [0.717, 1.165) is 16.8 Å². The second-order valence-electron chi connectivity index (χ2n) is 6.50. The summed E-state index contributed by atoms with van der Waals surface area (Å²) in [7, 11) is 0. The third-order valence-corrected chi connectivity index (χ3v) is 5.25. The second-order valence-corrected chi connectivity index (χ2v) is 7.28. The van der Waals surface area contributed by atoms with Crippen LogP contribution in [-0.2, 0) is 20.9 Å². The molecule has 0 bridgehead atoms. The molecule has 148 valence electrons. The highest BCUT2D eigenvalue weighted by molar-refractivity contribution is 7.08. The monoisotopic (exact) mass is 409 g/mol. The topological polar surface area (TPSA) is 90.2 Å². The van der Waals surface area contributed by atoms with Crippen molar-refractivity contribution in [1.29, 1.82) is 0 Å². The summed E-state index contributed by atoms with van der Waals surface area (Å²) in [5.74, 6) is -0.346. The van der Waals surface area contributed by atoms with E-state index < -0.39 is 5.97 Å². The number of esters is 1. The van der Waals surface area contributed by atoms with E-state index in [1.807, 2.05) is 41.1 Å². The number of ether oxygens (including phenoxy) is 1. The number of thiophene rings is 1. The molecule has 3 heterocycles. The van der Waals surface area contributed by atoms with Crippen LogP contribution in [0.5, 0.6) is 0 Å². The smallest absolute Gasteiger partial charge is 0.330 e. The summed E-state index contributed by atoms with van der Waals surface area (Å²) >= 11 is 1.53. The van der Waals surface area contributed by atoms with E-state index >= 15 is 0 Å². The maximum absolute atomic E-state index is 12.3. The van der Waals surface area contributed by atoms with Crippen LogP contribution < -0.4 is 0 Å². The zero-order valence-electron chi connectivity index (χ0n) is 15.6. The number of tetrazole rings is 1. The zero-order valence-corrected chi connectivity index (χ0v) is 16.4. The molecule has 1 amide bonds. The molecule has 0 saturated carbocycles.